The van der Waals surface area contributed by atoms with Gasteiger partial charge in [-0.3, -0.25) is 0 Å². The second-order valence-corrected chi connectivity index (χ2v) is 19.7. The third-order valence-corrected chi connectivity index (χ3v) is 15.5. The second-order valence-electron chi connectivity index (χ2n) is 19.7. The highest BCUT2D eigenvalue weighted by Crippen LogP contribution is 2.47. The Kier molecular flexibility index (Phi) is 9.23. The Labute approximate surface area is 436 Å². The van der Waals surface area contributed by atoms with Crippen molar-refractivity contribution in [2.24, 2.45) is 0 Å². The molecule has 0 aliphatic heterocycles. The molecule has 0 amide bonds. The van der Waals surface area contributed by atoms with Crippen molar-refractivity contribution in [3.05, 3.63) is 267 Å². The summed E-state index contributed by atoms with van der Waals surface area (Å²) >= 11 is 0. The summed E-state index contributed by atoms with van der Waals surface area (Å²) < 4.78 is 9.86. The minimum absolute atomic E-state index is 0.685. The first-order valence-electron chi connectivity index (χ1n) is 25.9. The van der Waals surface area contributed by atoms with Crippen LogP contribution < -0.4 is 0 Å². The normalized spacial score (nSPS) is 11.9. The van der Waals surface area contributed by atoms with E-state index < -0.39 is 0 Å². The molecule has 0 aliphatic carbocycles. The van der Waals surface area contributed by atoms with Gasteiger partial charge in [0.2, 0.25) is 0 Å². The van der Waals surface area contributed by atoms with E-state index in [4.69, 9.17) is 9.97 Å². The molecule has 0 unspecified atom stereocenters. The molecule has 0 aliphatic rings. The lowest BCUT2D eigenvalue weighted by Crippen LogP contribution is -1.99. The molecular formula is C70H44N6. The largest absolute Gasteiger partial charge is 0.309 e. The highest BCUT2D eigenvalue weighted by atomic mass is 15.0. The van der Waals surface area contributed by atoms with Crippen LogP contribution in [0.25, 0.3) is 144 Å². The number of fused-ring (bicyclic) bond motifs is 14. The molecule has 6 heteroatoms. The van der Waals surface area contributed by atoms with E-state index in [1.807, 2.05) is 12.1 Å². The van der Waals surface area contributed by atoms with Crippen molar-refractivity contribution in [3.8, 4) is 56.7 Å². The number of para-hydroxylation sites is 6. The number of aromatic nitrogens is 6. The molecule has 354 valence electrons. The molecular weight excluding hydrogens is 925 g/mol. The van der Waals surface area contributed by atoms with Gasteiger partial charge in [-0.2, -0.15) is 0 Å². The molecule has 0 N–H and O–H groups in total. The molecule has 0 saturated carbocycles. The van der Waals surface area contributed by atoms with Crippen molar-refractivity contribution < 1.29 is 0 Å². The van der Waals surface area contributed by atoms with Crippen LogP contribution in [0.3, 0.4) is 0 Å². The topological polar surface area (TPSA) is 45.5 Å². The van der Waals surface area contributed by atoms with Gasteiger partial charge in [-0.25, -0.2) is 9.97 Å². The van der Waals surface area contributed by atoms with Crippen molar-refractivity contribution in [3.63, 3.8) is 0 Å². The van der Waals surface area contributed by atoms with Crippen molar-refractivity contribution >= 4 is 87.2 Å². The van der Waals surface area contributed by atoms with E-state index in [1.165, 1.54) is 59.8 Å². The fourth-order valence-corrected chi connectivity index (χ4v) is 12.4. The van der Waals surface area contributed by atoms with E-state index in [0.29, 0.717) is 5.82 Å². The van der Waals surface area contributed by atoms with Crippen LogP contribution in [0.1, 0.15) is 0 Å². The molecule has 16 aromatic rings. The van der Waals surface area contributed by atoms with Crippen LogP contribution in [0.5, 0.6) is 0 Å². The smallest absolute Gasteiger partial charge is 0.160 e. The molecule has 11 aromatic carbocycles. The minimum atomic E-state index is 0.685. The SMILES string of the molecule is c1ccc(-c2cc(-c3cccc4c5c(ccc6c7cc(-n8c9ccccc9c9ccc%10c(c%11ccccc%11n%10-c%10ccccc%10)c98)ccc7n(-c7ccccc7)c65)n(-c5ccccc5)c34)nc(-c3ccccc3)n2)cc1. The first-order valence-corrected chi connectivity index (χ1v) is 25.9. The molecule has 0 spiro atoms. The summed E-state index contributed by atoms with van der Waals surface area (Å²) in [5.41, 5.74) is 18.4. The van der Waals surface area contributed by atoms with Crippen LogP contribution in [0.2, 0.25) is 0 Å². The zero-order chi connectivity index (χ0) is 49.8. The van der Waals surface area contributed by atoms with Gasteiger partial charge in [0.1, 0.15) is 0 Å². The third kappa shape index (κ3) is 6.22. The number of rotatable bonds is 7. The third-order valence-electron chi connectivity index (χ3n) is 15.5. The molecule has 0 bridgehead atoms. The van der Waals surface area contributed by atoms with Gasteiger partial charge in [0.05, 0.1) is 55.5 Å². The van der Waals surface area contributed by atoms with Gasteiger partial charge in [0.15, 0.2) is 5.82 Å². The van der Waals surface area contributed by atoms with Gasteiger partial charge in [0.25, 0.3) is 0 Å². The molecule has 5 heterocycles. The minimum Gasteiger partial charge on any atom is -0.309 e. The van der Waals surface area contributed by atoms with Gasteiger partial charge in [-0.15, -0.1) is 0 Å². The summed E-state index contributed by atoms with van der Waals surface area (Å²) in [6.45, 7) is 0. The lowest BCUT2D eigenvalue weighted by Gasteiger charge is -2.13. The highest BCUT2D eigenvalue weighted by molar-refractivity contribution is 6.29. The lowest BCUT2D eigenvalue weighted by atomic mass is 10.0. The van der Waals surface area contributed by atoms with E-state index in [2.05, 4.69) is 273 Å². The van der Waals surface area contributed by atoms with Crippen LogP contribution >= 0.6 is 0 Å². The van der Waals surface area contributed by atoms with E-state index in [-0.39, 0.29) is 0 Å². The maximum Gasteiger partial charge on any atom is 0.160 e. The molecule has 0 radical (unpaired) electrons. The molecule has 0 atom stereocenters. The molecule has 0 saturated heterocycles. The Bertz CT molecular complexity index is 4890. The maximum absolute atomic E-state index is 5.41. The Morgan fingerprint density at radius 2 is 0.684 bits per heavy atom. The summed E-state index contributed by atoms with van der Waals surface area (Å²) in [5, 5.41) is 9.59. The molecule has 0 fully saturated rings. The number of hydrogen-bond acceptors (Lipinski definition) is 2. The predicted octanol–water partition coefficient (Wildman–Crippen LogP) is 17.9. The van der Waals surface area contributed by atoms with E-state index >= 15 is 0 Å². The number of nitrogens with zero attached hydrogens (tertiary/aromatic N) is 6. The number of benzene rings is 11. The van der Waals surface area contributed by atoms with E-state index in [9.17, 15) is 0 Å². The van der Waals surface area contributed by atoms with Crippen molar-refractivity contribution in [1.82, 2.24) is 28.2 Å². The fraction of sp³-hybridized carbons (Fsp3) is 0. The van der Waals surface area contributed by atoms with Crippen molar-refractivity contribution in [2.45, 2.75) is 0 Å². The van der Waals surface area contributed by atoms with Crippen molar-refractivity contribution in [2.75, 3.05) is 0 Å². The fourth-order valence-electron chi connectivity index (χ4n) is 12.4. The highest BCUT2D eigenvalue weighted by Gasteiger charge is 2.26. The van der Waals surface area contributed by atoms with Crippen LogP contribution in [-0.2, 0) is 0 Å². The summed E-state index contributed by atoms with van der Waals surface area (Å²) in [7, 11) is 0. The van der Waals surface area contributed by atoms with Crippen LogP contribution in [0.4, 0.5) is 0 Å². The molecule has 6 nitrogen and oxygen atoms in total. The van der Waals surface area contributed by atoms with Crippen LogP contribution in [0.15, 0.2) is 267 Å². The van der Waals surface area contributed by atoms with E-state index in [0.717, 1.165) is 78.3 Å². The molecule has 16 rings (SSSR count). The Balaban J connectivity index is 1.01. The van der Waals surface area contributed by atoms with Gasteiger partial charge < -0.3 is 18.3 Å². The standard InChI is InChI=1S/C70H44N6/c1-6-21-45(22-7-1)58-44-59(72-70(71-58)46-23-8-2-9-24-46)54-33-20-34-56-66-64(75(67(54)56)49-29-14-5-15-30-49)42-39-53-57-43-50(37-40-62(57)74(69(53)66)48-27-12-4-13-28-48)76-60-35-18-16-31-51(60)52-38-41-63-65(68(52)76)55-32-17-19-36-61(55)73(63)47-25-10-3-11-26-47/h1-44H. The van der Waals surface area contributed by atoms with Gasteiger partial charge in [-0.05, 0) is 84.9 Å². The second kappa shape index (κ2) is 16.6. The Morgan fingerprint density at radius 3 is 1.34 bits per heavy atom. The average Bonchev–Trinajstić information content (AvgIpc) is 4.42. The average molecular weight is 969 g/mol. The van der Waals surface area contributed by atoms with Gasteiger partial charge in [-0.1, -0.05) is 182 Å². The first-order chi connectivity index (χ1) is 37.7. The summed E-state index contributed by atoms with van der Waals surface area (Å²) in [4.78, 5) is 10.6. The van der Waals surface area contributed by atoms with E-state index in [1.54, 1.807) is 0 Å². The monoisotopic (exact) mass is 968 g/mol. The first kappa shape index (κ1) is 42.2. The Hall–Kier alpha value is -10.3. The Morgan fingerprint density at radius 1 is 0.237 bits per heavy atom. The molecule has 76 heavy (non-hydrogen) atoms. The van der Waals surface area contributed by atoms with Crippen LogP contribution in [-0.4, -0.2) is 28.2 Å². The quantitative estimate of drug-likeness (QED) is 0.160. The predicted molar refractivity (Wildman–Crippen MR) is 316 cm³/mol. The maximum atomic E-state index is 5.41. The summed E-state index contributed by atoms with van der Waals surface area (Å²) in [6.07, 6.45) is 0. The zero-order valence-corrected chi connectivity index (χ0v) is 41.1. The van der Waals surface area contributed by atoms with Crippen LogP contribution in [0, 0.1) is 0 Å². The summed E-state index contributed by atoms with van der Waals surface area (Å²) in [6, 6.07) is 96.2. The van der Waals surface area contributed by atoms with Gasteiger partial charge in [0, 0.05) is 82.5 Å². The van der Waals surface area contributed by atoms with Crippen molar-refractivity contribution in [1.29, 1.82) is 0 Å². The van der Waals surface area contributed by atoms with Gasteiger partial charge >= 0.3 is 0 Å². The molecule has 5 aromatic heterocycles. The zero-order valence-electron chi connectivity index (χ0n) is 41.1. The lowest BCUT2D eigenvalue weighted by molar-refractivity contribution is 1.16. The summed E-state index contributed by atoms with van der Waals surface area (Å²) in [5.74, 6) is 0.685. The number of hydrogen-bond donors (Lipinski definition) is 0.